The summed E-state index contributed by atoms with van der Waals surface area (Å²) < 4.78 is 5.19. The van der Waals surface area contributed by atoms with E-state index >= 15 is 0 Å². The zero-order valence-electron chi connectivity index (χ0n) is 6.70. The van der Waals surface area contributed by atoms with E-state index in [0.29, 0.717) is 11.8 Å². The average Bonchev–Trinajstić information content (AvgIpc) is 2.58. The van der Waals surface area contributed by atoms with Gasteiger partial charge in [0.2, 0.25) is 0 Å². The van der Waals surface area contributed by atoms with Crippen LogP contribution in [-0.2, 0) is 9.53 Å². The fourth-order valence-corrected chi connectivity index (χ4v) is 2.20. The molecule has 0 bridgehead atoms. The van der Waals surface area contributed by atoms with Gasteiger partial charge in [0.15, 0.2) is 0 Å². The maximum atomic E-state index is 11.2. The van der Waals surface area contributed by atoms with Crippen LogP contribution in [0.4, 0.5) is 0 Å². The molecule has 0 radical (unpaired) electrons. The van der Waals surface area contributed by atoms with Crippen molar-refractivity contribution in [3.63, 3.8) is 0 Å². The molecule has 3 atom stereocenters. The van der Waals surface area contributed by atoms with Gasteiger partial charge in [-0.2, -0.15) is 0 Å². The molecule has 0 amide bonds. The molecule has 1 aliphatic heterocycles. The summed E-state index contributed by atoms with van der Waals surface area (Å²) in [7, 11) is 0. The molecule has 1 fully saturated rings. The summed E-state index contributed by atoms with van der Waals surface area (Å²) in [6.45, 7) is 0. The fraction of sp³-hybridized carbons (Fsp3) is 0.667. The van der Waals surface area contributed by atoms with Crippen LogP contribution in [0.15, 0.2) is 12.2 Å². The first-order valence-electron chi connectivity index (χ1n) is 4.26. The first kappa shape index (κ1) is 8.11. The molecule has 2 rings (SSSR count). The minimum atomic E-state index is -0.0416. The normalized spacial score (nSPS) is 38.4. The molecule has 66 valence electrons. The number of carbonyl (C=O) groups excluding carboxylic acids is 1. The lowest BCUT2D eigenvalue weighted by Crippen LogP contribution is -2.16. The molecule has 3 heteroatoms. The average molecular weight is 187 g/mol. The SMILES string of the molecule is O=C1O[C@@H](CCCl)[C@H]2C=CC[C@@H]12. The zero-order chi connectivity index (χ0) is 8.55. The predicted octanol–water partition coefficient (Wildman–Crippen LogP) is 1.73. The van der Waals surface area contributed by atoms with E-state index < -0.39 is 0 Å². The van der Waals surface area contributed by atoms with E-state index in [1.807, 2.05) is 0 Å². The van der Waals surface area contributed by atoms with E-state index in [9.17, 15) is 4.79 Å². The number of rotatable bonds is 2. The summed E-state index contributed by atoms with van der Waals surface area (Å²) in [6, 6.07) is 0. The fourth-order valence-electron chi connectivity index (χ4n) is 1.98. The van der Waals surface area contributed by atoms with Crippen LogP contribution in [0, 0.1) is 11.8 Å². The Hall–Kier alpha value is -0.500. The summed E-state index contributed by atoms with van der Waals surface area (Å²) in [5, 5.41) is 0. The third kappa shape index (κ3) is 1.14. The Morgan fingerprint density at radius 1 is 1.67 bits per heavy atom. The number of esters is 1. The van der Waals surface area contributed by atoms with Crippen molar-refractivity contribution in [2.24, 2.45) is 11.8 Å². The minimum Gasteiger partial charge on any atom is -0.461 e. The van der Waals surface area contributed by atoms with Gasteiger partial charge in [0, 0.05) is 11.8 Å². The highest BCUT2D eigenvalue weighted by atomic mass is 35.5. The Kier molecular flexibility index (Phi) is 2.09. The molecular formula is C9H11ClO2. The van der Waals surface area contributed by atoms with Crippen LogP contribution in [0.2, 0.25) is 0 Å². The number of carbonyl (C=O) groups is 1. The molecule has 2 nitrogen and oxygen atoms in total. The first-order chi connectivity index (χ1) is 5.83. The second-order valence-corrected chi connectivity index (χ2v) is 3.68. The lowest BCUT2D eigenvalue weighted by Gasteiger charge is -2.11. The zero-order valence-corrected chi connectivity index (χ0v) is 7.46. The highest BCUT2D eigenvalue weighted by Gasteiger charge is 2.44. The van der Waals surface area contributed by atoms with Crippen molar-refractivity contribution in [2.75, 3.05) is 5.88 Å². The number of alkyl halides is 1. The number of cyclic esters (lactones) is 1. The van der Waals surface area contributed by atoms with Gasteiger partial charge in [-0.05, 0) is 12.8 Å². The first-order valence-corrected chi connectivity index (χ1v) is 4.79. The van der Waals surface area contributed by atoms with Crippen LogP contribution >= 0.6 is 11.6 Å². The molecule has 0 aromatic rings. The third-order valence-corrected chi connectivity index (χ3v) is 2.82. The number of halogens is 1. The summed E-state index contributed by atoms with van der Waals surface area (Å²) in [5.41, 5.74) is 0. The van der Waals surface area contributed by atoms with Crippen molar-refractivity contribution < 1.29 is 9.53 Å². The predicted molar refractivity (Wildman–Crippen MR) is 46.0 cm³/mol. The van der Waals surface area contributed by atoms with Crippen LogP contribution < -0.4 is 0 Å². The molecule has 1 heterocycles. The second kappa shape index (κ2) is 3.09. The maximum absolute atomic E-state index is 11.2. The van der Waals surface area contributed by atoms with Gasteiger partial charge >= 0.3 is 5.97 Å². The highest BCUT2D eigenvalue weighted by molar-refractivity contribution is 6.17. The highest BCUT2D eigenvalue weighted by Crippen LogP contribution is 2.38. The number of ether oxygens (including phenoxy) is 1. The van der Waals surface area contributed by atoms with Gasteiger partial charge in [0.05, 0.1) is 5.92 Å². The van der Waals surface area contributed by atoms with Gasteiger partial charge in [-0.15, -0.1) is 11.6 Å². The van der Waals surface area contributed by atoms with Crippen LogP contribution in [0.1, 0.15) is 12.8 Å². The molecule has 2 aliphatic rings. The second-order valence-electron chi connectivity index (χ2n) is 3.30. The smallest absolute Gasteiger partial charge is 0.310 e. The molecule has 0 spiro atoms. The molecule has 12 heavy (non-hydrogen) atoms. The van der Waals surface area contributed by atoms with Crippen molar-refractivity contribution in [1.29, 1.82) is 0 Å². The number of hydrogen-bond acceptors (Lipinski definition) is 2. The van der Waals surface area contributed by atoms with Gasteiger partial charge in [0.25, 0.3) is 0 Å². The van der Waals surface area contributed by atoms with Gasteiger partial charge in [-0.25, -0.2) is 0 Å². The van der Waals surface area contributed by atoms with Crippen molar-refractivity contribution >= 4 is 17.6 Å². The largest absolute Gasteiger partial charge is 0.461 e. The Morgan fingerprint density at radius 3 is 3.25 bits per heavy atom. The summed E-state index contributed by atoms with van der Waals surface area (Å²) in [6.07, 6.45) is 5.82. The third-order valence-electron chi connectivity index (χ3n) is 2.61. The van der Waals surface area contributed by atoms with Crippen LogP contribution in [-0.4, -0.2) is 18.0 Å². The molecular weight excluding hydrogens is 176 g/mol. The number of fused-ring (bicyclic) bond motifs is 1. The molecule has 0 unspecified atom stereocenters. The van der Waals surface area contributed by atoms with Gasteiger partial charge in [-0.3, -0.25) is 4.79 Å². The summed E-state index contributed by atoms with van der Waals surface area (Å²) in [5.74, 6) is 0.921. The quantitative estimate of drug-likeness (QED) is 0.373. The Balaban J connectivity index is 2.08. The molecule has 0 N–H and O–H groups in total. The molecule has 0 aromatic heterocycles. The van der Waals surface area contributed by atoms with E-state index in [0.717, 1.165) is 12.8 Å². The standard InChI is InChI=1S/C9H11ClO2/c10-5-4-8-6-2-1-3-7(6)9(11)12-8/h1-2,6-8H,3-5H2/t6-,7+,8-/m0/s1. The van der Waals surface area contributed by atoms with E-state index in [1.165, 1.54) is 0 Å². The number of allylic oxidation sites excluding steroid dienone is 1. The minimum absolute atomic E-state index is 0.0405. The monoisotopic (exact) mass is 186 g/mol. The Morgan fingerprint density at radius 2 is 2.50 bits per heavy atom. The van der Waals surface area contributed by atoms with Crippen LogP contribution in [0.25, 0.3) is 0 Å². The van der Waals surface area contributed by atoms with Crippen LogP contribution in [0.5, 0.6) is 0 Å². The maximum Gasteiger partial charge on any atom is 0.310 e. The van der Waals surface area contributed by atoms with Crippen molar-refractivity contribution in [2.45, 2.75) is 18.9 Å². The molecule has 0 saturated carbocycles. The van der Waals surface area contributed by atoms with E-state index in [2.05, 4.69) is 12.2 Å². The molecule has 0 aromatic carbocycles. The van der Waals surface area contributed by atoms with Crippen molar-refractivity contribution in [1.82, 2.24) is 0 Å². The van der Waals surface area contributed by atoms with E-state index in [4.69, 9.17) is 16.3 Å². The van der Waals surface area contributed by atoms with Gasteiger partial charge in [0.1, 0.15) is 6.10 Å². The van der Waals surface area contributed by atoms with Gasteiger partial charge < -0.3 is 4.74 Å². The van der Waals surface area contributed by atoms with Gasteiger partial charge in [-0.1, -0.05) is 12.2 Å². The lowest BCUT2D eigenvalue weighted by atomic mass is 9.93. The Labute approximate surface area is 76.5 Å². The lowest BCUT2D eigenvalue weighted by molar-refractivity contribution is -0.144. The Bertz CT molecular complexity index is 225. The summed E-state index contributed by atoms with van der Waals surface area (Å²) in [4.78, 5) is 11.2. The van der Waals surface area contributed by atoms with Crippen molar-refractivity contribution in [3.8, 4) is 0 Å². The molecule has 1 aliphatic carbocycles. The van der Waals surface area contributed by atoms with Crippen molar-refractivity contribution in [3.05, 3.63) is 12.2 Å². The topological polar surface area (TPSA) is 26.3 Å². The van der Waals surface area contributed by atoms with E-state index in [1.54, 1.807) is 0 Å². The van der Waals surface area contributed by atoms with E-state index in [-0.39, 0.29) is 18.0 Å². The number of hydrogen-bond donors (Lipinski definition) is 0. The van der Waals surface area contributed by atoms with Crippen LogP contribution in [0.3, 0.4) is 0 Å². The summed E-state index contributed by atoms with van der Waals surface area (Å²) >= 11 is 5.60. The molecule has 1 saturated heterocycles.